The first-order chi connectivity index (χ1) is 14.1. The Bertz CT molecular complexity index is 817. The number of likely N-dealkylation sites (tertiary alicyclic amines) is 1. The van der Waals surface area contributed by atoms with E-state index in [9.17, 15) is 10.2 Å². The highest BCUT2D eigenvalue weighted by molar-refractivity contribution is 5.30. The molecule has 1 aliphatic rings. The smallest absolute Gasteiger partial charge is 0.115 e. The van der Waals surface area contributed by atoms with Gasteiger partial charge in [-0.1, -0.05) is 54.3 Å². The number of piperidine rings is 1. The minimum absolute atomic E-state index is 0.0332. The molecule has 1 aliphatic heterocycles. The molecule has 0 aliphatic carbocycles. The summed E-state index contributed by atoms with van der Waals surface area (Å²) in [7, 11) is 1.81. The summed E-state index contributed by atoms with van der Waals surface area (Å²) in [5.74, 6) is 0.815. The van der Waals surface area contributed by atoms with Crippen molar-refractivity contribution < 1.29 is 10.2 Å². The number of aromatic hydroxyl groups is 1. The highest BCUT2D eigenvalue weighted by Gasteiger charge is 2.21. The Morgan fingerprint density at radius 2 is 1.90 bits per heavy atom. The molecule has 0 amide bonds. The van der Waals surface area contributed by atoms with E-state index < -0.39 is 0 Å². The Morgan fingerprint density at radius 3 is 2.55 bits per heavy atom. The maximum absolute atomic E-state index is 9.72. The number of phenols is 1. The molecule has 6 heteroatoms. The highest BCUT2D eigenvalue weighted by Crippen LogP contribution is 2.30. The number of aliphatic hydroxyl groups excluding tert-OH is 1. The first-order valence-electron chi connectivity index (χ1n) is 10.1. The Morgan fingerprint density at radius 1 is 1.17 bits per heavy atom. The molecule has 2 N–H and O–H groups in total. The molecular weight excluding hydrogens is 364 g/mol. The largest absolute Gasteiger partial charge is 0.508 e. The van der Waals surface area contributed by atoms with Crippen LogP contribution < -0.4 is 0 Å². The van der Waals surface area contributed by atoms with Crippen molar-refractivity contribution in [3.05, 3.63) is 78.0 Å². The van der Waals surface area contributed by atoms with Crippen LogP contribution in [0.3, 0.4) is 0 Å². The number of hydrogen-bond donors (Lipinski definition) is 2. The van der Waals surface area contributed by atoms with Crippen LogP contribution in [0.25, 0.3) is 0 Å². The van der Waals surface area contributed by atoms with Gasteiger partial charge in [-0.3, -0.25) is 9.91 Å². The van der Waals surface area contributed by atoms with Gasteiger partial charge in [0.05, 0.1) is 18.3 Å². The minimum atomic E-state index is -0.231. The SMILES string of the molecule is C=C(CN1CCC(c2cccc(O)c2)CC1)N=NN(C)[C@@H](CO)c1ccccc1. The van der Waals surface area contributed by atoms with E-state index in [-0.39, 0.29) is 12.6 Å². The van der Waals surface area contributed by atoms with Gasteiger partial charge in [0.15, 0.2) is 0 Å². The van der Waals surface area contributed by atoms with E-state index in [4.69, 9.17) is 0 Å². The minimum Gasteiger partial charge on any atom is -0.508 e. The monoisotopic (exact) mass is 394 g/mol. The van der Waals surface area contributed by atoms with E-state index in [1.165, 1.54) is 5.56 Å². The summed E-state index contributed by atoms with van der Waals surface area (Å²) in [4.78, 5) is 2.33. The van der Waals surface area contributed by atoms with Crippen LogP contribution in [-0.4, -0.2) is 53.4 Å². The summed E-state index contributed by atoms with van der Waals surface area (Å²) in [6.07, 6.45) is 2.10. The number of likely N-dealkylation sites (N-methyl/N-ethyl adjacent to an activating group) is 1. The molecule has 0 radical (unpaired) electrons. The Labute approximate surface area is 172 Å². The molecule has 6 nitrogen and oxygen atoms in total. The molecule has 1 heterocycles. The zero-order valence-corrected chi connectivity index (χ0v) is 17.0. The van der Waals surface area contributed by atoms with E-state index in [1.54, 1.807) is 11.1 Å². The van der Waals surface area contributed by atoms with Crippen molar-refractivity contribution in [2.75, 3.05) is 33.3 Å². The predicted molar refractivity (Wildman–Crippen MR) is 115 cm³/mol. The Balaban J connectivity index is 1.48. The van der Waals surface area contributed by atoms with Crippen molar-refractivity contribution in [3.63, 3.8) is 0 Å². The molecule has 1 saturated heterocycles. The van der Waals surface area contributed by atoms with Gasteiger partial charge in [0.2, 0.25) is 0 Å². The number of hydrogen-bond acceptors (Lipinski definition) is 5. The molecule has 0 spiro atoms. The van der Waals surface area contributed by atoms with E-state index in [2.05, 4.69) is 27.9 Å². The molecule has 29 heavy (non-hydrogen) atoms. The second kappa shape index (κ2) is 10.2. The lowest BCUT2D eigenvalue weighted by Crippen LogP contribution is -2.34. The molecule has 0 bridgehead atoms. The normalized spacial score (nSPS) is 16.8. The van der Waals surface area contributed by atoms with Crippen molar-refractivity contribution in [1.82, 2.24) is 9.91 Å². The van der Waals surface area contributed by atoms with Crippen LogP contribution in [0.4, 0.5) is 0 Å². The second-order valence-corrected chi connectivity index (χ2v) is 7.58. The Kier molecular flexibility index (Phi) is 7.38. The van der Waals surface area contributed by atoms with Gasteiger partial charge in [-0.15, -0.1) is 5.11 Å². The topological polar surface area (TPSA) is 71.7 Å². The number of nitrogens with zero attached hydrogens (tertiary/aromatic N) is 4. The van der Waals surface area contributed by atoms with Crippen LogP contribution in [0.1, 0.15) is 35.9 Å². The van der Waals surface area contributed by atoms with Crippen LogP contribution >= 0.6 is 0 Å². The van der Waals surface area contributed by atoms with Crippen LogP contribution in [0.5, 0.6) is 5.75 Å². The van der Waals surface area contributed by atoms with Crippen LogP contribution in [0, 0.1) is 0 Å². The number of rotatable bonds is 8. The summed E-state index contributed by atoms with van der Waals surface area (Å²) in [5, 5.41) is 29.6. The number of phenolic OH excluding ortho intramolecular Hbond substituents is 1. The quantitative estimate of drug-likeness (QED) is 0.522. The summed E-state index contributed by atoms with van der Waals surface area (Å²) < 4.78 is 0. The summed E-state index contributed by atoms with van der Waals surface area (Å²) in [6.45, 7) is 6.62. The molecule has 154 valence electrons. The fourth-order valence-corrected chi connectivity index (χ4v) is 3.80. The fourth-order valence-electron chi connectivity index (χ4n) is 3.80. The average Bonchev–Trinajstić information content (AvgIpc) is 2.74. The average molecular weight is 395 g/mol. The summed E-state index contributed by atoms with van der Waals surface area (Å²) in [5.41, 5.74) is 2.91. The van der Waals surface area contributed by atoms with Crippen molar-refractivity contribution in [1.29, 1.82) is 0 Å². The zero-order valence-electron chi connectivity index (χ0n) is 17.0. The van der Waals surface area contributed by atoms with Gasteiger partial charge in [0.25, 0.3) is 0 Å². The van der Waals surface area contributed by atoms with Crippen molar-refractivity contribution >= 4 is 0 Å². The third-order valence-corrected chi connectivity index (χ3v) is 5.47. The van der Waals surface area contributed by atoms with Gasteiger partial charge in [0, 0.05) is 13.6 Å². The number of aliphatic hydroxyl groups is 1. The van der Waals surface area contributed by atoms with E-state index >= 15 is 0 Å². The van der Waals surface area contributed by atoms with E-state index in [0.717, 1.165) is 31.5 Å². The van der Waals surface area contributed by atoms with Crippen molar-refractivity contribution in [2.24, 2.45) is 10.3 Å². The first-order valence-corrected chi connectivity index (χ1v) is 10.1. The summed E-state index contributed by atoms with van der Waals surface area (Å²) in [6, 6.07) is 17.1. The predicted octanol–water partition coefficient (Wildman–Crippen LogP) is 4.12. The second-order valence-electron chi connectivity index (χ2n) is 7.58. The van der Waals surface area contributed by atoms with Crippen molar-refractivity contribution in [3.8, 4) is 5.75 Å². The Hall–Kier alpha value is -2.70. The lowest BCUT2D eigenvalue weighted by molar-refractivity contribution is 0.143. The standard InChI is InChI=1S/C23H30N4O2/c1-18(24-25-26(2)23(17-28)20-7-4-3-5-8-20)16-27-13-11-19(12-14-27)21-9-6-10-22(29)15-21/h3-10,15,19,23,28-29H,1,11-14,16-17H2,2H3/t23-/m0/s1. The van der Waals surface area contributed by atoms with Gasteiger partial charge < -0.3 is 10.2 Å². The molecule has 1 fully saturated rings. The van der Waals surface area contributed by atoms with E-state index in [1.807, 2.05) is 49.5 Å². The molecule has 0 aromatic heterocycles. The number of benzene rings is 2. The van der Waals surface area contributed by atoms with Crippen LogP contribution in [-0.2, 0) is 0 Å². The van der Waals surface area contributed by atoms with Crippen LogP contribution in [0.15, 0.2) is 77.2 Å². The zero-order chi connectivity index (χ0) is 20.6. The lowest BCUT2D eigenvalue weighted by Gasteiger charge is -2.32. The highest BCUT2D eigenvalue weighted by atomic mass is 16.3. The van der Waals surface area contributed by atoms with Gasteiger partial charge in [-0.2, -0.15) is 0 Å². The molecule has 0 unspecified atom stereocenters. The first kappa shape index (κ1) is 21.0. The molecule has 1 atom stereocenters. The molecule has 2 aromatic carbocycles. The molecule has 0 saturated carbocycles. The third-order valence-electron chi connectivity index (χ3n) is 5.47. The van der Waals surface area contributed by atoms with Gasteiger partial charge in [0.1, 0.15) is 5.75 Å². The van der Waals surface area contributed by atoms with Gasteiger partial charge in [-0.25, -0.2) is 0 Å². The van der Waals surface area contributed by atoms with Gasteiger partial charge >= 0.3 is 0 Å². The maximum Gasteiger partial charge on any atom is 0.115 e. The fraction of sp³-hybridized carbons (Fsp3) is 0.391. The molecule has 3 rings (SSSR count). The molecular formula is C23H30N4O2. The van der Waals surface area contributed by atoms with Crippen LogP contribution in [0.2, 0.25) is 0 Å². The summed E-state index contributed by atoms with van der Waals surface area (Å²) >= 11 is 0. The maximum atomic E-state index is 9.72. The lowest BCUT2D eigenvalue weighted by atomic mass is 9.89. The molecule has 2 aromatic rings. The van der Waals surface area contributed by atoms with Gasteiger partial charge in [-0.05, 0) is 55.1 Å². The third kappa shape index (κ3) is 5.89. The van der Waals surface area contributed by atoms with Crippen molar-refractivity contribution in [2.45, 2.75) is 24.8 Å². The van der Waals surface area contributed by atoms with E-state index in [0.29, 0.717) is 23.9 Å².